The van der Waals surface area contributed by atoms with Crippen molar-refractivity contribution in [2.24, 2.45) is 5.92 Å². The molecule has 7 nitrogen and oxygen atoms in total. The van der Waals surface area contributed by atoms with E-state index in [2.05, 4.69) is 4.98 Å². The van der Waals surface area contributed by atoms with Gasteiger partial charge in [-0.25, -0.2) is 4.98 Å². The molecule has 3 aromatic heterocycles. The van der Waals surface area contributed by atoms with E-state index in [4.69, 9.17) is 9.15 Å². The minimum Gasteiger partial charge on any atom is -0.442 e. The summed E-state index contributed by atoms with van der Waals surface area (Å²) in [6.07, 6.45) is 2.19. The van der Waals surface area contributed by atoms with Crippen LogP contribution in [0.25, 0.3) is 11.1 Å². The van der Waals surface area contributed by atoms with Crippen LogP contribution >= 0.6 is 11.3 Å². The lowest BCUT2D eigenvalue weighted by Crippen LogP contribution is -2.35. The maximum Gasteiger partial charge on any atom is 0.265 e. The van der Waals surface area contributed by atoms with E-state index in [0.29, 0.717) is 37.4 Å². The number of hydrogen-bond donors (Lipinski definition) is 0. The van der Waals surface area contributed by atoms with E-state index in [9.17, 15) is 9.59 Å². The highest BCUT2D eigenvalue weighted by Crippen LogP contribution is 2.29. The molecule has 0 aliphatic rings. The molecule has 0 saturated heterocycles. The highest BCUT2D eigenvalue weighted by molar-refractivity contribution is 7.10. The van der Waals surface area contributed by atoms with Crippen LogP contribution in [0, 0.1) is 12.8 Å². The number of aromatic nitrogens is 2. The molecule has 3 heterocycles. The Balaban J connectivity index is 2.07. The molecule has 1 unspecified atom stereocenters. The number of rotatable bonds is 9. The Bertz CT molecular complexity index is 1050. The summed E-state index contributed by atoms with van der Waals surface area (Å²) < 4.78 is 12.4. The zero-order valence-electron chi connectivity index (χ0n) is 18.2. The molecule has 0 fully saturated rings. The Morgan fingerprint density at radius 2 is 2.13 bits per heavy atom. The lowest BCUT2D eigenvalue weighted by Gasteiger charge is -2.28. The Kier molecular flexibility index (Phi) is 7.10. The Hall–Kier alpha value is -2.45. The quantitative estimate of drug-likeness (QED) is 0.473. The number of carbonyl (C=O) groups is 1. The third-order valence-electron chi connectivity index (χ3n) is 5.06. The van der Waals surface area contributed by atoms with E-state index < -0.39 is 0 Å². The normalized spacial score (nSPS) is 12.6. The summed E-state index contributed by atoms with van der Waals surface area (Å²) in [6.45, 7) is 9.37. The molecule has 30 heavy (non-hydrogen) atoms. The monoisotopic (exact) mass is 431 g/mol. The highest BCUT2D eigenvalue weighted by Gasteiger charge is 2.30. The van der Waals surface area contributed by atoms with Crippen LogP contribution in [0.15, 0.2) is 33.1 Å². The first-order chi connectivity index (χ1) is 14.3. The fourth-order valence-electron chi connectivity index (χ4n) is 3.59. The van der Waals surface area contributed by atoms with E-state index in [-0.39, 0.29) is 34.5 Å². The molecule has 0 aliphatic carbocycles. The number of hydrogen-bond acceptors (Lipinski definition) is 6. The van der Waals surface area contributed by atoms with E-state index in [1.165, 1.54) is 6.33 Å². The molecule has 8 heteroatoms. The molecule has 0 aromatic carbocycles. The molecule has 0 saturated carbocycles. The minimum absolute atomic E-state index is 0.131. The molecular weight excluding hydrogens is 402 g/mol. The standard InChI is InChI=1S/C22H29N3O4S/c1-14(2)12-24-13-23-20-19(21(24)26)18(16(4)29-20)22(27)25(9-7-10-28-5)15(3)17-8-6-11-30-17/h6,8,11,13-15H,7,9-10,12H2,1-5H3. The van der Waals surface area contributed by atoms with Gasteiger partial charge in [-0.2, -0.15) is 0 Å². The molecule has 3 rings (SSSR count). The summed E-state index contributed by atoms with van der Waals surface area (Å²) in [7, 11) is 1.64. The van der Waals surface area contributed by atoms with E-state index in [1.54, 1.807) is 34.8 Å². The molecule has 1 atom stereocenters. The summed E-state index contributed by atoms with van der Waals surface area (Å²) in [5.74, 6) is 0.472. The summed E-state index contributed by atoms with van der Waals surface area (Å²) >= 11 is 1.61. The first kappa shape index (κ1) is 22.2. The average Bonchev–Trinajstić information content (AvgIpc) is 3.34. The summed E-state index contributed by atoms with van der Waals surface area (Å²) in [4.78, 5) is 34.0. The Labute approximate surface area is 180 Å². The van der Waals surface area contributed by atoms with Crippen molar-refractivity contribution in [2.75, 3.05) is 20.3 Å². The predicted molar refractivity (Wildman–Crippen MR) is 118 cm³/mol. The smallest absolute Gasteiger partial charge is 0.265 e. The number of thiophene rings is 1. The van der Waals surface area contributed by atoms with Crippen molar-refractivity contribution in [2.45, 2.75) is 46.7 Å². The van der Waals surface area contributed by atoms with E-state index in [1.807, 2.05) is 38.3 Å². The molecule has 0 bridgehead atoms. The minimum atomic E-state index is -0.241. The van der Waals surface area contributed by atoms with Crippen molar-refractivity contribution in [1.82, 2.24) is 14.5 Å². The fraction of sp³-hybridized carbons (Fsp3) is 0.500. The van der Waals surface area contributed by atoms with Gasteiger partial charge in [-0.1, -0.05) is 19.9 Å². The van der Waals surface area contributed by atoms with Gasteiger partial charge in [-0.3, -0.25) is 14.2 Å². The van der Waals surface area contributed by atoms with Crippen molar-refractivity contribution in [3.8, 4) is 0 Å². The van der Waals surface area contributed by atoms with E-state index >= 15 is 0 Å². The van der Waals surface area contributed by atoms with Crippen LogP contribution in [-0.2, 0) is 11.3 Å². The van der Waals surface area contributed by atoms with Gasteiger partial charge in [0.1, 0.15) is 17.5 Å². The van der Waals surface area contributed by atoms with Crippen molar-refractivity contribution in [1.29, 1.82) is 0 Å². The Morgan fingerprint density at radius 3 is 2.77 bits per heavy atom. The summed E-state index contributed by atoms with van der Waals surface area (Å²) in [6, 6.07) is 3.86. The third kappa shape index (κ3) is 4.49. The zero-order chi connectivity index (χ0) is 21.8. The molecule has 0 N–H and O–H groups in total. The SMILES string of the molecule is COCCCN(C(=O)c1c(C)oc2ncn(CC(C)C)c(=O)c12)C(C)c1cccs1. The molecule has 0 aliphatic heterocycles. The fourth-order valence-corrected chi connectivity index (χ4v) is 4.39. The van der Waals surface area contributed by atoms with Crippen LogP contribution in [0.2, 0.25) is 0 Å². The second kappa shape index (κ2) is 9.57. The van der Waals surface area contributed by atoms with Crippen LogP contribution in [0.4, 0.5) is 0 Å². The van der Waals surface area contributed by atoms with Gasteiger partial charge in [0.2, 0.25) is 5.71 Å². The van der Waals surface area contributed by atoms with Crippen molar-refractivity contribution >= 4 is 28.3 Å². The second-order valence-corrected chi connectivity index (χ2v) is 8.82. The number of amides is 1. The van der Waals surface area contributed by atoms with Crippen molar-refractivity contribution in [3.05, 3.63) is 50.4 Å². The van der Waals surface area contributed by atoms with Crippen molar-refractivity contribution < 1.29 is 13.9 Å². The summed E-state index contributed by atoms with van der Waals surface area (Å²) in [5, 5.41) is 2.26. The number of carbonyl (C=O) groups excluding carboxylic acids is 1. The maximum atomic E-state index is 13.7. The number of ether oxygens (including phenoxy) is 1. The molecule has 3 aromatic rings. The first-order valence-electron chi connectivity index (χ1n) is 10.2. The van der Waals surface area contributed by atoms with Crippen LogP contribution < -0.4 is 5.56 Å². The van der Waals surface area contributed by atoms with Crippen LogP contribution in [0.5, 0.6) is 0 Å². The number of methoxy groups -OCH3 is 1. The van der Waals surface area contributed by atoms with Gasteiger partial charge in [0, 0.05) is 31.7 Å². The predicted octanol–water partition coefficient (Wildman–Crippen LogP) is 4.26. The molecule has 0 spiro atoms. The van der Waals surface area contributed by atoms with Gasteiger partial charge >= 0.3 is 0 Å². The lowest BCUT2D eigenvalue weighted by molar-refractivity contribution is 0.0670. The van der Waals surface area contributed by atoms with E-state index in [0.717, 1.165) is 4.88 Å². The van der Waals surface area contributed by atoms with Crippen molar-refractivity contribution in [3.63, 3.8) is 0 Å². The van der Waals surface area contributed by atoms with Gasteiger partial charge in [0.05, 0.1) is 11.6 Å². The molecular formula is C22H29N3O4S. The second-order valence-electron chi connectivity index (χ2n) is 7.85. The molecule has 0 radical (unpaired) electrons. The number of fused-ring (bicyclic) bond motifs is 1. The maximum absolute atomic E-state index is 13.7. The molecule has 162 valence electrons. The number of furan rings is 1. The topological polar surface area (TPSA) is 77.6 Å². The van der Waals surface area contributed by atoms with Crippen LogP contribution in [-0.4, -0.2) is 40.6 Å². The van der Waals surface area contributed by atoms with Gasteiger partial charge < -0.3 is 14.1 Å². The van der Waals surface area contributed by atoms with Gasteiger partial charge in [0.25, 0.3) is 11.5 Å². The largest absolute Gasteiger partial charge is 0.442 e. The lowest BCUT2D eigenvalue weighted by atomic mass is 10.1. The Morgan fingerprint density at radius 1 is 1.37 bits per heavy atom. The van der Waals surface area contributed by atoms with Gasteiger partial charge in [0.15, 0.2) is 0 Å². The molecule has 1 amide bonds. The third-order valence-corrected chi connectivity index (χ3v) is 6.10. The van der Waals surface area contributed by atoms with Crippen LogP contribution in [0.1, 0.15) is 54.2 Å². The van der Waals surface area contributed by atoms with Gasteiger partial charge in [-0.05, 0) is 37.6 Å². The van der Waals surface area contributed by atoms with Crippen LogP contribution in [0.3, 0.4) is 0 Å². The first-order valence-corrected chi connectivity index (χ1v) is 11.0. The highest BCUT2D eigenvalue weighted by atomic mass is 32.1. The summed E-state index contributed by atoms with van der Waals surface area (Å²) in [5.41, 5.74) is 0.275. The average molecular weight is 432 g/mol. The number of nitrogens with zero attached hydrogens (tertiary/aromatic N) is 3. The van der Waals surface area contributed by atoms with Gasteiger partial charge in [-0.15, -0.1) is 11.3 Å². The zero-order valence-corrected chi connectivity index (χ0v) is 19.0. The number of aryl methyl sites for hydroxylation is 1.